The summed E-state index contributed by atoms with van der Waals surface area (Å²) in [6.45, 7) is 4.21. The molecule has 1 heterocycles. The van der Waals surface area contributed by atoms with Crippen molar-refractivity contribution in [3.63, 3.8) is 0 Å². The van der Waals surface area contributed by atoms with Crippen LogP contribution in [0.15, 0.2) is 22.7 Å². The highest BCUT2D eigenvalue weighted by molar-refractivity contribution is 9.10. The molecule has 112 valence electrons. The molecule has 6 heteroatoms. The summed E-state index contributed by atoms with van der Waals surface area (Å²) in [5.74, 6) is 1.82. The molecule has 0 atom stereocenters. The molecule has 0 amide bonds. The average Bonchev–Trinajstić information content (AvgIpc) is 2.43. The molecule has 0 spiro atoms. The molecule has 0 aliphatic heterocycles. The highest BCUT2D eigenvalue weighted by Crippen LogP contribution is 2.30. The van der Waals surface area contributed by atoms with Crippen LogP contribution in [0, 0.1) is 0 Å². The quantitative estimate of drug-likeness (QED) is 0.771. The van der Waals surface area contributed by atoms with Crippen LogP contribution in [-0.4, -0.2) is 17.0 Å². The Hall–Kier alpha value is -0.840. The first-order chi connectivity index (χ1) is 9.92. The van der Waals surface area contributed by atoms with Gasteiger partial charge >= 0.3 is 0 Å². The molecule has 1 N–H and O–H groups in total. The van der Waals surface area contributed by atoms with Gasteiger partial charge in [-0.1, -0.05) is 43.1 Å². The first-order valence-corrected chi connectivity index (χ1v) is 8.15. The van der Waals surface area contributed by atoms with Gasteiger partial charge in [0.15, 0.2) is 0 Å². The number of hydrogen-bond donors (Lipinski definition) is 1. The lowest BCUT2D eigenvalue weighted by Crippen LogP contribution is -2.07. The highest BCUT2D eigenvalue weighted by atomic mass is 79.9. The molecule has 0 saturated heterocycles. The van der Waals surface area contributed by atoms with Crippen molar-refractivity contribution in [2.75, 3.05) is 12.4 Å². The lowest BCUT2D eigenvalue weighted by molar-refractivity contribution is 0.785. The van der Waals surface area contributed by atoms with Crippen molar-refractivity contribution < 1.29 is 0 Å². The summed E-state index contributed by atoms with van der Waals surface area (Å²) in [5.41, 5.74) is 1.94. The van der Waals surface area contributed by atoms with Crippen LogP contribution in [0.1, 0.15) is 36.8 Å². The van der Waals surface area contributed by atoms with E-state index in [1.54, 1.807) is 6.07 Å². The van der Waals surface area contributed by atoms with Crippen molar-refractivity contribution in [2.24, 2.45) is 0 Å². The summed E-state index contributed by atoms with van der Waals surface area (Å²) in [7, 11) is 1.84. The summed E-state index contributed by atoms with van der Waals surface area (Å²) in [4.78, 5) is 9.18. The van der Waals surface area contributed by atoms with E-state index in [2.05, 4.69) is 45.1 Å². The lowest BCUT2D eigenvalue weighted by Gasteiger charge is -2.13. The van der Waals surface area contributed by atoms with Gasteiger partial charge in [-0.25, -0.2) is 9.97 Å². The molecular weight excluding hydrogens is 373 g/mol. The minimum absolute atomic E-state index is 0.300. The number of aromatic nitrogens is 2. The van der Waals surface area contributed by atoms with Crippen LogP contribution >= 0.6 is 39.1 Å². The molecule has 0 aliphatic rings. The molecule has 1 aromatic heterocycles. The minimum atomic E-state index is 0.300. The van der Waals surface area contributed by atoms with Crippen molar-refractivity contribution in [1.29, 1.82) is 0 Å². The van der Waals surface area contributed by atoms with Crippen molar-refractivity contribution in [2.45, 2.75) is 26.2 Å². The van der Waals surface area contributed by atoms with Crippen LogP contribution in [0.2, 0.25) is 10.0 Å². The second kappa shape index (κ2) is 6.95. The normalized spacial score (nSPS) is 11.0. The molecule has 0 fully saturated rings. The van der Waals surface area contributed by atoms with Crippen LogP contribution in [-0.2, 0) is 6.42 Å². The van der Waals surface area contributed by atoms with Crippen molar-refractivity contribution in [1.82, 2.24) is 9.97 Å². The fraction of sp³-hybridized carbons (Fsp3) is 0.333. The van der Waals surface area contributed by atoms with Gasteiger partial charge in [-0.05, 0) is 39.5 Å². The van der Waals surface area contributed by atoms with E-state index in [0.29, 0.717) is 22.4 Å². The monoisotopic (exact) mass is 387 g/mol. The van der Waals surface area contributed by atoms with E-state index in [1.165, 1.54) is 0 Å². The molecule has 0 unspecified atom stereocenters. The van der Waals surface area contributed by atoms with Crippen LogP contribution in [0.25, 0.3) is 0 Å². The third kappa shape index (κ3) is 3.87. The first-order valence-electron chi connectivity index (χ1n) is 6.60. The highest BCUT2D eigenvalue weighted by Gasteiger charge is 2.15. The summed E-state index contributed by atoms with van der Waals surface area (Å²) in [6, 6.07) is 5.47. The zero-order valence-corrected chi connectivity index (χ0v) is 15.1. The Balaban J connectivity index is 2.42. The maximum Gasteiger partial charge on any atom is 0.144 e. The van der Waals surface area contributed by atoms with E-state index < -0.39 is 0 Å². The zero-order valence-electron chi connectivity index (χ0n) is 12.0. The maximum atomic E-state index is 6.22. The molecule has 21 heavy (non-hydrogen) atoms. The van der Waals surface area contributed by atoms with Crippen LogP contribution in [0.4, 0.5) is 5.82 Å². The molecule has 2 rings (SSSR count). The van der Waals surface area contributed by atoms with Gasteiger partial charge in [0.05, 0.1) is 10.2 Å². The standard InChI is InChI=1S/C15H16BrCl2N3/c1-8(2)14-13(16)15(19-3)21-12(20-14)6-9-4-5-10(17)7-11(9)18/h4-5,7-8H,6H2,1-3H3,(H,19,20,21). The molecule has 0 radical (unpaired) electrons. The summed E-state index contributed by atoms with van der Waals surface area (Å²) in [5, 5.41) is 4.34. The number of nitrogens with zero attached hydrogens (tertiary/aromatic N) is 2. The number of hydrogen-bond acceptors (Lipinski definition) is 3. The van der Waals surface area contributed by atoms with E-state index in [9.17, 15) is 0 Å². The largest absolute Gasteiger partial charge is 0.372 e. The first kappa shape index (κ1) is 16.5. The van der Waals surface area contributed by atoms with Gasteiger partial charge in [0.1, 0.15) is 11.6 Å². The molecule has 0 saturated carbocycles. The molecule has 2 aromatic rings. The topological polar surface area (TPSA) is 37.8 Å². The van der Waals surface area contributed by atoms with E-state index >= 15 is 0 Å². The second-order valence-corrected chi connectivity index (χ2v) is 6.64. The van der Waals surface area contributed by atoms with E-state index in [4.69, 9.17) is 23.2 Å². The molecule has 0 bridgehead atoms. The maximum absolute atomic E-state index is 6.22. The SMILES string of the molecule is CNc1nc(Cc2ccc(Cl)cc2Cl)nc(C(C)C)c1Br. The Morgan fingerprint density at radius 2 is 1.95 bits per heavy atom. The summed E-state index contributed by atoms with van der Waals surface area (Å²) >= 11 is 15.7. The Labute approximate surface area is 143 Å². The molecule has 1 aromatic carbocycles. The van der Waals surface area contributed by atoms with Crippen molar-refractivity contribution in [3.05, 3.63) is 49.8 Å². The number of benzene rings is 1. The number of anilines is 1. The van der Waals surface area contributed by atoms with Gasteiger partial charge in [0.25, 0.3) is 0 Å². The van der Waals surface area contributed by atoms with E-state index in [0.717, 1.165) is 27.4 Å². The van der Waals surface area contributed by atoms with Crippen LogP contribution in [0.3, 0.4) is 0 Å². The Kier molecular flexibility index (Phi) is 5.47. The fourth-order valence-corrected chi connectivity index (χ4v) is 3.28. The summed E-state index contributed by atoms with van der Waals surface area (Å²) in [6.07, 6.45) is 0.567. The van der Waals surface area contributed by atoms with Gasteiger partial charge < -0.3 is 5.32 Å². The number of halogens is 3. The minimum Gasteiger partial charge on any atom is -0.372 e. The predicted molar refractivity (Wildman–Crippen MR) is 92.6 cm³/mol. The Morgan fingerprint density at radius 3 is 2.52 bits per heavy atom. The van der Waals surface area contributed by atoms with Crippen molar-refractivity contribution >= 4 is 44.9 Å². The van der Waals surface area contributed by atoms with Crippen molar-refractivity contribution in [3.8, 4) is 0 Å². The summed E-state index contributed by atoms with van der Waals surface area (Å²) < 4.78 is 0.908. The average molecular weight is 389 g/mol. The molecular formula is C15H16BrCl2N3. The van der Waals surface area contributed by atoms with Gasteiger partial charge in [-0.15, -0.1) is 0 Å². The zero-order chi connectivity index (χ0) is 15.6. The van der Waals surface area contributed by atoms with Gasteiger partial charge in [-0.2, -0.15) is 0 Å². The number of nitrogens with one attached hydrogen (secondary N) is 1. The molecule has 3 nitrogen and oxygen atoms in total. The fourth-order valence-electron chi connectivity index (χ4n) is 1.98. The third-order valence-corrected chi connectivity index (χ3v) is 4.44. The lowest BCUT2D eigenvalue weighted by atomic mass is 10.1. The van der Waals surface area contributed by atoms with Crippen LogP contribution in [0.5, 0.6) is 0 Å². The Bertz CT molecular complexity index is 660. The van der Waals surface area contributed by atoms with E-state index in [1.807, 2.05) is 19.2 Å². The van der Waals surface area contributed by atoms with Gasteiger partial charge in [0, 0.05) is 23.5 Å². The smallest absolute Gasteiger partial charge is 0.144 e. The molecule has 0 aliphatic carbocycles. The third-order valence-electron chi connectivity index (χ3n) is 3.07. The number of rotatable bonds is 4. The van der Waals surface area contributed by atoms with Gasteiger partial charge in [-0.3, -0.25) is 0 Å². The Morgan fingerprint density at radius 1 is 1.24 bits per heavy atom. The predicted octanol–water partition coefficient (Wildman–Crippen LogP) is 5.30. The van der Waals surface area contributed by atoms with Crippen LogP contribution < -0.4 is 5.32 Å². The second-order valence-electron chi connectivity index (χ2n) is 5.00. The van der Waals surface area contributed by atoms with Gasteiger partial charge in [0.2, 0.25) is 0 Å². The van der Waals surface area contributed by atoms with E-state index in [-0.39, 0.29) is 0 Å².